The molecule has 0 saturated carbocycles. The van der Waals surface area contributed by atoms with Crippen molar-refractivity contribution in [2.45, 2.75) is 32.4 Å². The molecule has 0 N–H and O–H groups in total. The number of carbonyl (C=O) groups excluding carboxylic acids is 1. The van der Waals surface area contributed by atoms with Crippen LogP contribution in [-0.4, -0.2) is 42.5 Å². The second-order valence-electron chi connectivity index (χ2n) is 5.22. The SMILES string of the molecule is CC(C)N1CCOC(C(=O)Cc2ccc(I)cc2)C1. The fourth-order valence-electron chi connectivity index (χ4n) is 2.25. The lowest BCUT2D eigenvalue weighted by atomic mass is 10.0. The van der Waals surface area contributed by atoms with E-state index in [2.05, 4.69) is 41.3 Å². The molecule has 1 fully saturated rings. The standard InChI is InChI=1S/C15H20INO2/c1-11(2)17-7-8-19-15(10-17)14(18)9-12-3-5-13(16)6-4-12/h3-6,11,15H,7-10H2,1-2H3. The van der Waals surface area contributed by atoms with Gasteiger partial charge in [-0.15, -0.1) is 0 Å². The highest BCUT2D eigenvalue weighted by molar-refractivity contribution is 14.1. The Morgan fingerprint density at radius 3 is 2.74 bits per heavy atom. The number of benzene rings is 1. The second kappa shape index (κ2) is 6.81. The zero-order valence-corrected chi connectivity index (χ0v) is 13.6. The van der Waals surface area contributed by atoms with Crippen LogP contribution in [0.1, 0.15) is 19.4 Å². The summed E-state index contributed by atoms with van der Waals surface area (Å²) < 4.78 is 6.81. The first-order chi connectivity index (χ1) is 9.06. The minimum Gasteiger partial charge on any atom is -0.368 e. The van der Waals surface area contributed by atoms with Crippen LogP contribution in [0.25, 0.3) is 0 Å². The number of rotatable bonds is 4. The molecule has 1 heterocycles. The van der Waals surface area contributed by atoms with Crippen LogP contribution in [-0.2, 0) is 16.0 Å². The Morgan fingerprint density at radius 2 is 2.11 bits per heavy atom. The summed E-state index contributed by atoms with van der Waals surface area (Å²) >= 11 is 2.27. The quantitative estimate of drug-likeness (QED) is 0.760. The Morgan fingerprint density at radius 1 is 1.42 bits per heavy atom. The molecular weight excluding hydrogens is 353 g/mol. The van der Waals surface area contributed by atoms with Gasteiger partial charge in [-0.2, -0.15) is 0 Å². The largest absolute Gasteiger partial charge is 0.368 e. The molecule has 104 valence electrons. The lowest BCUT2D eigenvalue weighted by Gasteiger charge is -2.34. The predicted molar refractivity (Wildman–Crippen MR) is 84.3 cm³/mol. The van der Waals surface area contributed by atoms with Crippen LogP contribution in [0.15, 0.2) is 24.3 Å². The van der Waals surface area contributed by atoms with Crippen LogP contribution in [0, 0.1) is 3.57 Å². The van der Waals surface area contributed by atoms with Crippen molar-refractivity contribution in [3.63, 3.8) is 0 Å². The van der Waals surface area contributed by atoms with E-state index < -0.39 is 0 Å². The Labute approximate surface area is 128 Å². The van der Waals surface area contributed by atoms with Gasteiger partial charge in [0, 0.05) is 29.1 Å². The van der Waals surface area contributed by atoms with Crippen LogP contribution in [0.2, 0.25) is 0 Å². The first-order valence-electron chi connectivity index (χ1n) is 6.69. The summed E-state index contributed by atoms with van der Waals surface area (Å²) in [6, 6.07) is 8.57. The van der Waals surface area contributed by atoms with Crippen LogP contribution in [0.5, 0.6) is 0 Å². The van der Waals surface area contributed by atoms with Crippen LogP contribution < -0.4 is 0 Å². The maximum absolute atomic E-state index is 12.3. The molecule has 1 aliphatic rings. The molecule has 1 aliphatic heterocycles. The Bertz CT molecular complexity index is 430. The molecule has 3 nitrogen and oxygen atoms in total. The molecular formula is C15H20INO2. The Hall–Kier alpha value is -0.460. The van der Waals surface area contributed by atoms with Crippen molar-refractivity contribution >= 4 is 28.4 Å². The summed E-state index contributed by atoms with van der Waals surface area (Å²) in [7, 11) is 0. The molecule has 0 amide bonds. The van der Waals surface area contributed by atoms with Gasteiger partial charge in [-0.25, -0.2) is 0 Å². The Balaban J connectivity index is 1.94. The summed E-state index contributed by atoms with van der Waals surface area (Å²) in [5, 5.41) is 0. The van der Waals surface area contributed by atoms with E-state index in [0.717, 1.165) is 18.7 Å². The van der Waals surface area contributed by atoms with Crippen molar-refractivity contribution in [1.29, 1.82) is 0 Å². The van der Waals surface area contributed by atoms with Crippen LogP contribution in [0.3, 0.4) is 0 Å². The third kappa shape index (κ3) is 4.26. The molecule has 0 radical (unpaired) electrons. The van der Waals surface area contributed by atoms with E-state index in [0.29, 0.717) is 19.1 Å². The molecule has 0 bridgehead atoms. The Kier molecular flexibility index (Phi) is 5.36. The number of ether oxygens (including phenoxy) is 1. The van der Waals surface area contributed by atoms with Gasteiger partial charge < -0.3 is 4.74 Å². The average molecular weight is 373 g/mol. The number of morpholine rings is 1. The van der Waals surface area contributed by atoms with Crippen molar-refractivity contribution in [2.24, 2.45) is 0 Å². The summed E-state index contributed by atoms with van der Waals surface area (Å²) in [6.45, 7) is 6.62. The molecule has 1 unspecified atom stereocenters. The number of nitrogens with zero attached hydrogens (tertiary/aromatic N) is 1. The average Bonchev–Trinajstić information content (AvgIpc) is 2.41. The van der Waals surface area contributed by atoms with Crippen LogP contribution in [0.4, 0.5) is 0 Å². The first kappa shape index (κ1) is 14.9. The van der Waals surface area contributed by atoms with Gasteiger partial charge in [-0.3, -0.25) is 9.69 Å². The highest BCUT2D eigenvalue weighted by Gasteiger charge is 2.27. The highest BCUT2D eigenvalue weighted by atomic mass is 127. The maximum Gasteiger partial charge on any atom is 0.167 e. The third-order valence-electron chi connectivity index (χ3n) is 3.48. The summed E-state index contributed by atoms with van der Waals surface area (Å²) in [5.41, 5.74) is 1.07. The van der Waals surface area contributed by atoms with Gasteiger partial charge in [0.15, 0.2) is 5.78 Å². The molecule has 4 heteroatoms. The van der Waals surface area contributed by atoms with Gasteiger partial charge in [0.1, 0.15) is 6.10 Å². The molecule has 1 aromatic carbocycles. The smallest absolute Gasteiger partial charge is 0.167 e. The summed E-state index contributed by atoms with van der Waals surface area (Å²) in [6.07, 6.45) is 0.198. The molecule has 0 spiro atoms. The van der Waals surface area contributed by atoms with Crippen molar-refractivity contribution in [1.82, 2.24) is 4.90 Å². The van der Waals surface area contributed by atoms with Crippen molar-refractivity contribution < 1.29 is 9.53 Å². The second-order valence-corrected chi connectivity index (χ2v) is 6.46. The predicted octanol–water partition coefficient (Wildman–Crippen LogP) is 2.51. The van der Waals surface area contributed by atoms with E-state index in [1.807, 2.05) is 24.3 Å². The number of carbonyl (C=O) groups is 1. The summed E-state index contributed by atoms with van der Waals surface area (Å²) in [5.74, 6) is 0.187. The van der Waals surface area contributed by atoms with E-state index >= 15 is 0 Å². The van der Waals surface area contributed by atoms with Gasteiger partial charge in [0.2, 0.25) is 0 Å². The first-order valence-corrected chi connectivity index (χ1v) is 7.77. The number of hydrogen-bond donors (Lipinski definition) is 0. The topological polar surface area (TPSA) is 29.5 Å². The van der Waals surface area contributed by atoms with Gasteiger partial charge in [-0.1, -0.05) is 12.1 Å². The lowest BCUT2D eigenvalue weighted by molar-refractivity contribution is -0.136. The third-order valence-corrected chi connectivity index (χ3v) is 4.20. The number of Topliss-reactive ketones (excluding diaryl/α,β-unsaturated/α-hetero) is 1. The van der Waals surface area contributed by atoms with Crippen molar-refractivity contribution in [3.8, 4) is 0 Å². The van der Waals surface area contributed by atoms with Crippen LogP contribution >= 0.6 is 22.6 Å². The molecule has 0 aromatic heterocycles. The number of halogens is 1. The lowest BCUT2D eigenvalue weighted by Crippen LogP contribution is -2.49. The zero-order valence-electron chi connectivity index (χ0n) is 11.4. The van der Waals surface area contributed by atoms with Crippen molar-refractivity contribution in [2.75, 3.05) is 19.7 Å². The van der Waals surface area contributed by atoms with Gasteiger partial charge in [-0.05, 0) is 54.1 Å². The fourth-order valence-corrected chi connectivity index (χ4v) is 2.61. The van der Waals surface area contributed by atoms with Gasteiger partial charge >= 0.3 is 0 Å². The van der Waals surface area contributed by atoms with E-state index in [1.165, 1.54) is 3.57 Å². The number of hydrogen-bond acceptors (Lipinski definition) is 3. The van der Waals surface area contributed by atoms with E-state index in [9.17, 15) is 4.79 Å². The molecule has 2 rings (SSSR count). The molecule has 1 atom stereocenters. The van der Waals surface area contributed by atoms with Gasteiger partial charge in [0.05, 0.1) is 6.61 Å². The zero-order chi connectivity index (χ0) is 13.8. The minimum absolute atomic E-state index is 0.187. The molecule has 1 aromatic rings. The monoisotopic (exact) mass is 373 g/mol. The highest BCUT2D eigenvalue weighted by Crippen LogP contribution is 2.13. The maximum atomic E-state index is 12.3. The van der Waals surface area contributed by atoms with Crippen molar-refractivity contribution in [3.05, 3.63) is 33.4 Å². The molecule has 1 saturated heterocycles. The number of ketones is 1. The van der Waals surface area contributed by atoms with Gasteiger partial charge in [0.25, 0.3) is 0 Å². The summed E-state index contributed by atoms with van der Waals surface area (Å²) in [4.78, 5) is 14.6. The molecule has 0 aliphatic carbocycles. The van der Waals surface area contributed by atoms with E-state index in [4.69, 9.17) is 4.74 Å². The fraction of sp³-hybridized carbons (Fsp3) is 0.533. The minimum atomic E-state index is -0.268. The normalized spacial score (nSPS) is 20.7. The molecule has 19 heavy (non-hydrogen) atoms. The van der Waals surface area contributed by atoms with E-state index in [-0.39, 0.29) is 11.9 Å². The van der Waals surface area contributed by atoms with E-state index in [1.54, 1.807) is 0 Å².